The molecule has 0 fully saturated rings. The minimum absolute atomic E-state index is 0.261. The SMILES string of the molecule is CCOC(=O)c1cccc(N)c1Nc1cc(F)ccc1Br. The van der Waals surface area contributed by atoms with Crippen molar-refractivity contribution in [3.8, 4) is 0 Å². The molecular formula is C15H14BrFN2O2. The van der Waals surface area contributed by atoms with Crippen LogP contribution in [0.25, 0.3) is 0 Å². The number of hydrogen-bond acceptors (Lipinski definition) is 4. The Balaban J connectivity index is 2.43. The van der Waals surface area contributed by atoms with Gasteiger partial charge in [0.2, 0.25) is 0 Å². The zero-order chi connectivity index (χ0) is 15.4. The maximum atomic E-state index is 13.3. The van der Waals surface area contributed by atoms with Gasteiger partial charge < -0.3 is 15.8 Å². The Kier molecular flexibility index (Phi) is 4.80. The number of anilines is 3. The van der Waals surface area contributed by atoms with Crippen LogP contribution in [0.15, 0.2) is 40.9 Å². The highest BCUT2D eigenvalue weighted by atomic mass is 79.9. The maximum Gasteiger partial charge on any atom is 0.340 e. The molecule has 3 N–H and O–H groups in total. The maximum absolute atomic E-state index is 13.3. The van der Waals surface area contributed by atoms with Crippen LogP contribution < -0.4 is 11.1 Å². The fourth-order valence-electron chi connectivity index (χ4n) is 1.82. The summed E-state index contributed by atoms with van der Waals surface area (Å²) in [4.78, 5) is 12.0. The van der Waals surface area contributed by atoms with Gasteiger partial charge in [-0.25, -0.2) is 9.18 Å². The molecular weight excluding hydrogens is 339 g/mol. The van der Waals surface area contributed by atoms with Gasteiger partial charge in [0.25, 0.3) is 0 Å². The lowest BCUT2D eigenvalue weighted by atomic mass is 10.1. The molecule has 110 valence electrons. The van der Waals surface area contributed by atoms with Crippen LogP contribution in [-0.4, -0.2) is 12.6 Å². The smallest absolute Gasteiger partial charge is 0.340 e. The first-order valence-corrected chi connectivity index (χ1v) is 7.10. The van der Waals surface area contributed by atoms with E-state index in [1.165, 1.54) is 12.1 Å². The summed E-state index contributed by atoms with van der Waals surface area (Å²) >= 11 is 3.32. The van der Waals surface area contributed by atoms with Crippen molar-refractivity contribution in [2.75, 3.05) is 17.7 Å². The first-order chi connectivity index (χ1) is 10.0. The largest absolute Gasteiger partial charge is 0.462 e. The number of nitrogens with one attached hydrogen (secondary N) is 1. The van der Waals surface area contributed by atoms with Crippen molar-refractivity contribution in [1.29, 1.82) is 0 Å². The van der Waals surface area contributed by atoms with Gasteiger partial charge in [-0.2, -0.15) is 0 Å². The summed E-state index contributed by atoms with van der Waals surface area (Å²) < 4.78 is 19.0. The molecule has 0 saturated carbocycles. The standard InChI is InChI=1S/C15H14BrFN2O2/c1-2-21-15(20)10-4-3-5-12(18)14(10)19-13-8-9(17)6-7-11(13)16/h3-8,19H,2,18H2,1H3. The van der Waals surface area contributed by atoms with Gasteiger partial charge in [-0.1, -0.05) is 6.07 Å². The van der Waals surface area contributed by atoms with Crippen LogP contribution in [0.5, 0.6) is 0 Å². The molecule has 0 atom stereocenters. The molecule has 0 radical (unpaired) electrons. The Labute approximate surface area is 130 Å². The van der Waals surface area contributed by atoms with Crippen molar-refractivity contribution in [2.24, 2.45) is 0 Å². The molecule has 0 aliphatic heterocycles. The predicted molar refractivity (Wildman–Crippen MR) is 84.2 cm³/mol. The van der Waals surface area contributed by atoms with E-state index in [9.17, 15) is 9.18 Å². The highest BCUT2D eigenvalue weighted by Gasteiger charge is 2.16. The normalized spacial score (nSPS) is 10.2. The van der Waals surface area contributed by atoms with Gasteiger partial charge >= 0.3 is 5.97 Å². The molecule has 21 heavy (non-hydrogen) atoms. The van der Waals surface area contributed by atoms with Crippen LogP contribution in [0, 0.1) is 5.82 Å². The van der Waals surface area contributed by atoms with Gasteiger partial charge in [-0.3, -0.25) is 0 Å². The second-order valence-corrected chi connectivity index (χ2v) is 5.09. The van der Waals surface area contributed by atoms with Gasteiger partial charge in [0.05, 0.1) is 29.2 Å². The van der Waals surface area contributed by atoms with Gasteiger partial charge in [0.15, 0.2) is 0 Å². The molecule has 0 amide bonds. The Hall–Kier alpha value is -2.08. The van der Waals surface area contributed by atoms with Gasteiger partial charge in [-0.15, -0.1) is 0 Å². The van der Waals surface area contributed by atoms with Gasteiger partial charge in [0, 0.05) is 4.47 Å². The van der Waals surface area contributed by atoms with E-state index in [0.29, 0.717) is 27.1 Å². The van der Waals surface area contributed by atoms with Crippen LogP contribution in [0.2, 0.25) is 0 Å². The Morgan fingerprint density at radius 2 is 2.14 bits per heavy atom. The van der Waals surface area contributed by atoms with E-state index >= 15 is 0 Å². The van der Waals surface area contributed by atoms with E-state index in [1.807, 2.05) is 0 Å². The predicted octanol–water partition coefficient (Wildman–Crippen LogP) is 4.09. The van der Waals surface area contributed by atoms with E-state index < -0.39 is 11.8 Å². The fourth-order valence-corrected chi connectivity index (χ4v) is 2.16. The number of rotatable bonds is 4. The third kappa shape index (κ3) is 3.52. The first kappa shape index (κ1) is 15.3. The average Bonchev–Trinajstić information content (AvgIpc) is 2.45. The molecule has 0 aromatic heterocycles. The number of para-hydroxylation sites is 1. The summed E-state index contributed by atoms with van der Waals surface area (Å²) in [7, 11) is 0. The number of hydrogen-bond donors (Lipinski definition) is 2. The summed E-state index contributed by atoms with van der Waals surface area (Å²) in [6, 6.07) is 9.12. The number of nitrogen functional groups attached to an aromatic ring is 1. The minimum atomic E-state index is -0.486. The highest BCUT2D eigenvalue weighted by Crippen LogP contribution is 2.32. The lowest BCUT2D eigenvalue weighted by Gasteiger charge is -2.15. The Morgan fingerprint density at radius 3 is 2.86 bits per heavy atom. The lowest BCUT2D eigenvalue weighted by Crippen LogP contribution is -2.10. The Morgan fingerprint density at radius 1 is 1.38 bits per heavy atom. The third-order valence-electron chi connectivity index (χ3n) is 2.78. The fraction of sp³-hybridized carbons (Fsp3) is 0.133. The van der Waals surface area contributed by atoms with Crippen molar-refractivity contribution in [2.45, 2.75) is 6.92 Å². The number of carbonyl (C=O) groups excluding carboxylic acids is 1. The molecule has 2 aromatic rings. The van der Waals surface area contributed by atoms with E-state index in [1.54, 1.807) is 31.2 Å². The second kappa shape index (κ2) is 6.58. The summed E-state index contributed by atoms with van der Waals surface area (Å²) in [5.74, 6) is -0.882. The van der Waals surface area contributed by atoms with E-state index in [4.69, 9.17) is 10.5 Å². The van der Waals surface area contributed by atoms with Crippen LogP contribution in [0.1, 0.15) is 17.3 Å². The quantitative estimate of drug-likeness (QED) is 0.642. The lowest BCUT2D eigenvalue weighted by molar-refractivity contribution is 0.0527. The topological polar surface area (TPSA) is 64.3 Å². The highest BCUT2D eigenvalue weighted by molar-refractivity contribution is 9.10. The number of ether oxygens (including phenoxy) is 1. The number of nitrogens with two attached hydrogens (primary N) is 1. The van der Waals surface area contributed by atoms with Gasteiger partial charge in [-0.05, 0) is 53.2 Å². The van der Waals surface area contributed by atoms with Crippen LogP contribution in [-0.2, 0) is 4.74 Å². The molecule has 0 spiro atoms. The number of halogens is 2. The molecule has 6 heteroatoms. The van der Waals surface area contributed by atoms with Crippen molar-refractivity contribution in [3.63, 3.8) is 0 Å². The first-order valence-electron chi connectivity index (χ1n) is 6.30. The van der Waals surface area contributed by atoms with Gasteiger partial charge in [0.1, 0.15) is 5.82 Å². The minimum Gasteiger partial charge on any atom is -0.462 e. The molecule has 4 nitrogen and oxygen atoms in total. The summed E-state index contributed by atoms with van der Waals surface area (Å²) in [5, 5.41) is 2.98. The van der Waals surface area contributed by atoms with Crippen LogP contribution in [0.4, 0.5) is 21.5 Å². The summed E-state index contributed by atoms with van der Waals surface area (Å²) in [6.07, 6.45) is 0. The van der Waals surface area contributed by atoms with Crippen LogP contribution >= 0.6 is 15.9 Å². The van der Waals surface area contributed by atoms with Crippen molar-refractivity contribution in [3.05, 3.63) is 52.3 Å². The van der Waals surface area contributed by atoms with Crippen molar-refractivity contribution in [1.82, 2.24) is 0 Å². The molecule has 0 aliphatic carbocycles. The molecule has 0 heterocycles. The zero-order valence-electron chi connectivity index (χ0n) is 11.3. The molecule has 0 saturated heterocycles. The van der Waals surface area contributed by atoms with E-state index in [0.717, 1.165) is 0 Å². The summed E-state index contributed by atoms with van der Waals surface area (Å²) in [6.45, 7) is 1.98. The monoisotopic (exact) mass is 352 g/mol. The third-order valence-corrected chi connectivity index (χ3v) is 3.47. The molecule has 0 unspecified atom stereocenters. The van der Waals surface area contributed by atoms with E-state index in [-0.39, 0.29) is 6.61 Å². The zero-order valence-corrected chi connectivity index (χ0v) is 12.9. The second-order valence-electron chi connectivity index (χ2n) is 4.24. The average molecular weight is 353 g/mol. The molecule has 0 bridgehead atoms. The van der Waals surface area contributed by atoms with Crippen molar-refractivity contribution < 1.29 is 13.9 Å². The summed E-state index contributed by atoms with van der Waals surface area (Å²) in [5.41, 5.74) is 7.44. The Bertz CT molecular complexity index is 677. The van der Waals surface area contributed by atoms with Crippen LogP contribution in [0.3, 0.4) is 0 Å². The number of esters is 1. The van der Waals surface area contributed by atoms with Crippen molar-refractivity contribution >= 4 is 39.0 Å². The van der Waals surface area contributed by atoms with E-state index in [2.05, 4.69) is 21.2 Å². The number of carbonyl (C=O) groups is 1. The molecule has 2 aromatic carbocycles. The molecule has 2 rings (SSSR count). The number of benzene rings is 2. The molecule has 0 aliphatic rings.